The highest BCUT2D eigenvalue weighted by molar-refractivity contribution is 7.98. The fourth-order valence-electron chi connectivity index (χ4n) is 2.44. The van der Waals surface area contributed by atoms with E-state index in [-0.39, 0.29) is 0 Å². The van der Waals surface area contributed by atoms with Gasteiger partial charge in [-0.1, -0.05) is 36.0 Å². The van der Waals surface area contributed by atoms with Crippen LogP contribution in [0, 0.1) is 6.92 Å². The number of hydrogen-bond acceptors (Lipinski definition) is 6. The molecule has 0 N–H and O–H groups in total. The van der Waals surface area contributed by atoms with Crippen molar-refractivity contribution in [1.82, 2.24) is 24.7 Å². The summed E-state index contributed by atoms with van der Waals surface area (Å²) in [5.41, 5.74) is 4.22. The van der Waals surface area contributed by atoms with Crippen LogP contribution >= 0.6 is 23.1 Å². The van der Waals surface area contributed by atoms with Gasteiger partial charge in [0.15, 0.2) is 5.16 Å². The fourth-order valence-corrected chi connectivity index (χ4v) is 4.16. The molecule has 0 unspecified atom stereocenters. The number of hydrogen-bond donors (Lipinski definition) is 0. The third-order valence-electron chi connectivity index (χ3n) is 3.68. The van der Waals surface area contributed by atoms with Gasteiger partial charge in [-0.05, 0) is 30.7 Å². The summed E-state index contributed by atoms with van der Waals surface area (Å²) < 4.78 is 2.02. The summed E-state index contributed by atoms with van der Waals surface area (Å²) in [7, 11) is 0. The molecule has 0 atom stereocenters. The van der Waals surface area contributed by atoms with Gasteiger partial charge in [-0.3, -0.25) is 9.55 Å². The van der Waals surface area contributed by atoms with Gasteiger partial charge >= 0.3 is 0 Å². The van der Waals surface area contributed by atoms with Crippen LogP contribution in [0.5, 0.6) is 0 Å². The molecule has 7 heteroatoms. The summed E-state index contributed by atoms with van der Waals surface area (Å²) >= 11 is 3.25. The van der Waals surface area contributed by atoms with Crippen LogP contribution in [-0.2, 0) is 5.75 Å². The van der Waals surface area contributed by atoms with E-state index in [4.69, 9.17) is 0 Å². The van der Waals surface area contributed by atoms with Crippen molar-refractivity contribution in [3.05, 3.63) is 71.6 Å². The number of aromatic nitrogens is 5. The van der Waals surface area contributed by atoms with E-state index in [0.717, 1.165) is 33.0 Å². The summed E-state index contributed by atoms with van der Waals surface area (Å²) in [6, 6.07) is 14.1. The minimum Gasteiger partial charge on any atom is -0.276 e. The van der Waals surface area contributed by atoms with E-state index in [9.17, 15) is 0 Å². The second-order valence-corrected chi connectivity index (χ2v) is 7.22. The van der Waals surface area contributed by atoms with Crippen molar-refractivity contribution < 1.29 is 0 Å². The van der Waals surface area contributed by atoms with Crippen molar-refractivity contribution in [2.75, 3.05) is 0 Å². The Labute approximate surface area is 153 Å². The number of rotatable bonds is 5. The summed E-state index contributed by atoms with van der Waals surface area (Å²) in [5.74, 6) is 0.744. The van der Waals surface area contributed by atoms with Crippen molar-refractivity contribution in [1.29, 1.82) is 0 Å². The number of pyridine rings is 1. The number of aryl methyl sites for hydroxylation is 1. The number of benzene rings is 1. The first-order chi connectivity index (χ1) is 12.3. The van der Waals surface area contributed by atoms with E-state index in [1.54, 1.807) is 35.6 Å². The molecule has 4 rings (SSSR count). The van der Waals surface area contributed by atoms with Crippen molar-refractivity contribution >= 4 is 23.1 Å². The lowest BCUT2D eigenvalue weighted by Crippen LogP contribution is -1.97. The van der Waals surface area contributed by atoms with Gasteiger partial charge in [0.1, 0.15) is 11.3 Å². The van der Waals surface area contributed by atoms with Crippen LogP contribution in [0.1, 0.15) is 11.3 Å². The Balaban J connectivity index is 1.51. The molecule has 0 spiro atoms. The zero-order chi connectivity index (χ0) is 17.1. The van der Waals surface area contributed by atoms with E-state index >= 15 is 0 Å². The molecular formula is C18H15N5S2. The average Bonchev–Trinajstić information content (AvgIpc) is 3.30. The third-order valence-corrected chi connectivity index (χ3v) is 5.57. The molecule has 0 radical (unpaired) electrons. The van der Waals surface area contributed by atoms with Gasteiger partial charge in [0.05, 0.1) is 17.1 Å². The van der Waals surface area contributed by atoms with Crippen LogP contribution in [0.25, 0.3) is 16.4 Å². The molecule has 1 aromatic carbocycles. The van der Waals surface area contributed by atoms with Crippen molar-refractivity contribution in [3.8, 4) is 16.4 Å². The largest absolute Gasteiger partial charge is 0.276 e. The van der Waals surface area contributed by atoms with Crippen molar-refractivity contribution in [2.24, 2.45) is 0 Å². The van der Waals surface area contributed by atoms with Crippen LogP contribution < -0.4 is 0 Å². The number of nitrogens with zero attached hydrogens (tertiary/aromatic N) is 5. The van der Waals surface area contributed by atoms with E-state index < -0.39 is 0 Å². The second kappa shape index (κ2) is 7.16. The van der Waals surface area contributed by atoms with Gasteiger partial charge in [-0.15, -0.1) is 21.5 Å². The van der Waals surface area contributed by atoms with Crippen LogP contribution in [0.4, 0.5) is 0 Å². The van der Waals surface area contributed by atoms with E-state index in [0.29, 0.717) is 0 Å². The molecule has 25 heavy (non-hydrogen) atoms. The third kappa shape index (κ3) is 3.47. The van der Waals surface area contributed by atoms with Crippen LogP contribution in [0.15, 0.2) is 65.5 Å². The fraction of sp³-hybridized carbons (Fsp3) is 0.111. The maximum absolute atomic E-state index is 4.68. The van der Waals surface area contributed by atoms with Gasteiger partial charge in [0.25, 0.3) is 0 Å². The first kappa shape index (κ1) is 16.0. The van der Waals surface area contributed by atoms with Gasteiger partial charge < -0.3 is 0 Å². The smallest absolute Gasteiger partial charge is 0.196 e. The molecule has 0 aliphatic carbocycles. The first-order valence-electron chi connectivity index (χ1n) is 7.76. The molecule has 4 aromatic rings. The Kier molecular flexibility index (Phi) is 4.58. The maximum Gasteiger partial charge on any atom is 0.196 e. The zero-order valence-corrected chi connectivity index (χ0v) is 15.2. The molecular weight excluding hydrogens is 350 g/mol. The highest BCUT2D eigenvalue weighted by Gasteiger charge is 2.11. The number of thioether (sulfide) groups is 1. The van der Waals surface area contributed by atoms with Crippen LogP contribution in [0.3, 0.4) is 0 Å². The molecule has 3 aromatic heterocycles. The van der Waals surface area contributed by atoms with Gasteiger partial charge in [-0.25, -0.2) is 4.98 Å². The van der Waals surface area contributed by atoms with Crippen molar-refractivity contribution in [2.45, 2.75) is 17.8 Å². The summed E-state index contributed by atoms with van der Waals surface area (Å²) in [6.07, 6.45) is 3.54. The van der Waals surface area contributed by atoms with Gasteiger partial charge in [0, 0.05) is 17.3 Å². The molecule has 3 heterocycles. The molecule has 0 fully saturated rings. The number of thiazole rings is 1. The Hall–Kier alpha value is -2.51. The molecule has 124 valence electrons. The lowest BCUT2D eigenvalue weighted by Gasteiger charge is -2.08. The Morgan fingerprint density at radius 2 is 2.00 bits per heavy atom. The van der Waals surface area contributed by atoms with E-state index in [1.165, 1.54) is 5.56 Å². The SMILES string of the molecule is Cc1ccccc1-n1cnnc1SCc1csc(-c2ccccn2)n1. The monoisotopic (exact) mass is 365 g/mol. The predicted molar refractivity (Wildman–Crippen MR) is 101 cm³/mol. The molecule has 0 aliphatic heterocycles. The Morgan fingerprint density at radius 1 is 1.12 bits per heavy atom. The van der Waals surface area contributed by atoms with E-state index in [2.05, 4.69) is 44.6 Å². The second-order valence-electron chi connectivity index (χ2n) is 5.42. The van der Waals surface area contributed by atoms with Crippen LogP contribution in [-0.4, -0.2) is 24.7 Å². The normalized spacial score (nSPS) is 10.9. The lowest BCUT2D eigenvalue weighted by molar-refractivity contribution is 0.877. The van der Waals surface area contributed by atoms with Crippen LogP contribution in [0.2, 0.25) is 0 Å². The summed E-state index contributed by atoms with van der Waals surface area (Å²) in [4.78, 5) is 9.03. The molecule has 0 amide bonds. The molecule has 0 bridgehead atoms. The summed E-state index contributed by atoms with van der Waals surface area (Å²) in [5, 5.41) is 12.2. The Bertz CT molecular complexity index is 978. The van der Waals surface area contributed by atoms with Crippen molar-refractivity contribution in [3.63, 3.8) is 0 Å². The lowest BCUT2D eigenvalue weighted by atomic mass is 10.2. The standard InChI is InChI=1S/C18H15N5S2/c1-13-6-2-3-8-16(13)23-12-20-22-18(23)25-11-14-10-24-17(21-14)15-7-4-5-9-19-15/h2-10,12H,11H2,1H3. The molecule has 0 saturated carbocycles. The zero-order valence-electron chi connectivity index (χ0n) is 13.5. The average molecular weight is 365 g/mol. The highest BCUT2D eigenvalue weighted by atomic mass is 32.2. The number of para-hydroxylation sites is 1. The minimum atomic E-state index is 0.744. The van der Waals surface area contributed by atoms with Gasteiger partial charge in [-0.2, -0.15) is 0 Å². The molecule has 5 nitrogen and oxygen atoms in total. The van der Waals surface area contributed by atoms with Gasteiger partial charge in [0.2, 0.25) is 0 Å². The van der Waals surface area contributed by atoms with E-state index in [1.807, 2.05) is 34.9 Å². The topological polar surface area (TPSA) is 56.5 Å². The molecule has 0 aliphatic rings. The minimum absolute atomic E-state index is 0.744. The highest BCUT2D eigenvalue weighted by Crippen LogP contribution is 2.27. The predicted octanol–water partition coefficient (Wildman–Crippen LogP) is 4.39. The first-order valence-corrected chi connectivity index (χ1v) is 9.62. The Morgan fingerprint density at radius 3 is 2.84 bits per heavy atom. The maximum atomic E-state index is 4.68. The summed E-state index contributed by atoms with van der Waals surface area (Å²) in [6.45, 7) is 2.09. The quantitative estimate of drug-likeness (QED) is 0.491. The molecule has 0 saturated heterocycles.